The molecule has 0 saturated carbocycles. The standard InChI is InChI=1S/C8H11O4P/c1-7(9)13(10,11)12-8-5-3-2-4-6-8/h2-7,9H,1H3,(H,10,11). The van der Waals surface area contributed by atoms with Crippen molar-refractivity contribution in [2.45, 2.75) is 12.8 Å². The third-order valence-electron chi connectivity index (χ3n) is 1.45. The molecule has 0 aromatic heterocycles. The van der Waals surface area contributed by atoms with Crippen molar-refractivity contribution in [1.29, 1.82) is 0 Å². The predicted octanol–water partition coefficient (Wildman–Crippen LogP) is 1.59. The smallest absolute Gasteiger partial charge is 0.404 e. The normalized spacial score (nSPS) is 17.5. The Balaban J connectivity index is 2.76. The van der Waals surface area contributed by atoms with Crippen LogP contribution < -0.4 is 4.52 Å². The molecule has 2 unspecified atom stereocenters. The van der Waals surface area contributed by atoms with Crippen molar-refractivity contribution in [2.24, 2.45) is 0 Å². The van der Waals surface area contributed by atoms with Crippen molar-refractivity contribution in [2.75, 3.05) is 0 Å². The van der Waals surface area contributed by atoms with Gasteiger partial charge in [0.1, 0.15) is 5.75 Å². The summed E-state index contributed by atoms with van der Waals surface area (Å²) >= 11 is 0. The van der Waals surface area contributed by atoms with E-state index in [-0.39, 0.29) is 5.75 Å². The lowest BCUT2D eigenvalue weighted by atomic mass is 10.3. The van der Waals surface area contributed by atoms with Crippen LogP contribution in [0.3, 0.4) is 0 Å². The van der Waals surface area contributed by atoms with Gasteiger partial charge in [-0.25, -0.2) is 4.57 Å². The van der Waals surface area contributed by atoms with Gasteiger partial charge in [-0.1, -0.05) is 18.2 Å². The Morgan fingerprint density at radius 3 is 2.38 bits per heavy atom. The highest BCUT2D eigenvalue weighted by Crippen LogP contribution is 2.45. The fourth-order valence-corrected chi connectivity index (χ4v) is 1.28. The van der Waals surface area contributed by atoms with E-state index in [0.29, 0.717) is 0 Å². The summed E-state index contributed by atoms with van der Waals surface area (Å²) in [7, 11) is -3.93. The second kappa shape index (κ2) is 3.92. The minimum Gasteiger partial charge on any atom is -0.423 e. The lowest BCUT2D eigenvalue weighted by molar-refractivity contribution is 0.221. The first-order valence-corrected chi connectivity index (χ1v) is 5.42. The highest BCUT2D eigenvalue weighted by atomic mass is 31.2. The maximum absolute atomic E-state index is 11.2. The van der Waals surface area contributed by atoms with Crippen LogP contribution in [0.25, 0.3) is 0 Å². The van der Waals surface area contributed by atoms with Crippen molar-refractivity contribution < 1.29 is 19.1 Å². The number of hydrogen-bond donors (Lipinski definition) is 2. The van der Waals surface area contributed by atoms with Crippen LogP contribution in [0.2, 0.25) is 0 Å². The summed E-state index contributed by atoms with van der Waals surface area (Å²) in [6.07, 6.45) is 0. The SMILES string of the molecule is CC(O)P(=O)(O)Oc1ccccc1. The van der Waals surface area contributed by atoms with Crippen molar-refractivity contribution in [1.82, 2.24) is 0 Å². The molecule has 0 fully saturated rings. The lowest BCUT2D eigenvalue weighted by Crippen LogP contribution is -2.06. The zero-order valence-electron chi connectivity index (χ0n) is 7.12. The van der Waals surface area contributed by atoms with Crippen LogP contribution >= 0.6 is 7.60 Å². The third kappa shape index (κ3) is 2.84. The quantitative estimate of drug-likeness (QED) is 0.730. The first-order valence-electron chi connectivity index (χ1n) is 3.77. The van der Waals surface area contributed by atoms with Crippen molar-refractivity contribution in [3.63, 3.8) is 0 Å². The number of benzene rings is 1. The highest BCUT2D eigenvalue weighted by Gasteiger charge is 2.27. The van der Waals surface area contributed by atoms with Crippen LogP contribution in [0.1, 0.15) is 6.92 Å². The predicted molar refractivity (Wildman–Crippen MR) is 48.6 cm³/mol. The molecule has 0 aliphatic carbocycles. The Morgan fingerprint density at radius 2 is 1.92 bits per heavy atom. The molecular formula is C8H11O4P. The van der Waals surface area contributed by atoms with Crippen LogP contribution in [0.15, 0.2) is 30.3 Å². The van der Waals surface area contributed by atoms with Crippen molar-refractivity contribution >= 4 is 7.60 Å². The topological polar surface area (TPSA) is 66.8 Å². The first kappa shape index (κ1) is 10.3. The molecule has 1 aromatic carbocycles. The zero-order chi connectivity index (χ0) is 9.90. The van der Waals surface area contributed by atoms with E-state index in [1.807, 2.05) is 0 Å². The molecule has 0 aliphatic rings. The minimum absolute atomic E-state index is 0.272. The van der Waals surface area contributed by atoms with Gasteiger partial charge in [-0.05, 0) is 19.1 Å². The largest absolute Gasteiger partial charge is 0.423 e. The average molecular weight is 202 g/mol. The van der Waals surface area contributed by atoms with E-state index < -0.39 is 13.4 Å². The molecule has 5 heteroatoms. The van der Waals surface area contributed by atoms with Gasteiger partial charge in [0.2, 0.25) is 0 Å². The minimum atomic E-state index is -3.93. The summed E-state index contributed by atoms with van der Waals surface area (Å²) in [5.74, 6) is -1.11. The first-order chi connectivity index (χ1) is 6.02. The van der Waals surface area contributed by atoms with Gasteiger partial charge in [0.15, 0.2) is 5.85 Å². The van der Waals surface area contributed by atoms with E-state index in [2.05, 4.69) is 0 Å². The summed E-state index contributed by atoms with van der Waals surface area (Å²) in [5.41, 5.74) is 0. The molecule has 0 bridgehead atoms. The molecule has 0 amide bonds. The number of para-hydroxylation sites is 1. The molecule has 0 heterocycles. The number of aliphatic hydroxyl groups excluding tert-OH is 1. The van der Waals surface area contributed by atoms with E-state index in [1.54, 1.807) is 30.3 Å². The number of aliphatic hydroxyl groups is 1. The summed E-state index contributed by atoms with van der Waals surface area (Å²) in [6, 6.07) is 8.21. The molecule has 13 heavy (non-hydrogen) atoms. The van der Waals surface area contributed by atoms with Crippen LogP contribution in [0, 0.1) is 0 Å². The van der Waals surface area contributed by atoms with E-state index in [4.69, 9.17) is 14.5 Å². The summed E-state index contributed by atoms with van der Waals surface area (Å²) in [6.45, 7) is 1.21. The Labute approximate surface area is 76.3 Å². The number of rotatable bonds is 3. The molecular weight excluding hydrogens is 191 g/mol. The molecule has 0 spiro atoms. The summed E-state index contributed by atoms with van der Waals surface area (Å²) in [4.78, 5) is 9.13. The average Bonchev–Trinajstić information content (AvgIpc) is 2.05. The second-order valence-corrected chi connectivity index (χ2v) is 4.66. The maximum atomic E-state index is 11.2. The fourth-order valence-electron chi connectivity index (χ4n) is 0.709. The van der Waals surface area contributed by atoms with Crippen molar-refractivity contribution in [3.8, 4) is 5.75 Å². The molecule has 1 rings (SSSR count). The van der Waals surface area contributed by atoms with Crippen molar-refractivity contribution in [3.05, 3.63) is 30.3 Å². The molecule has 72 valence electrons. The monoisotopic (exact) mass is 202 g/mol. The Bertz CT molecular complexity index is 309. The fraction of sp³-hybridized carbons (Fsp3) is 0.250. The maximum Gasteiger partial charge on any atom is 0.404 e. The van der Waals surface area contributed by atoms with E-state index in [9.17, 15) is 4.57 Å². The van der Waals surface area contributed by atoms with Gasteiger partial charge < -0.3 is 14.5 Å². The molecule has 4 nitrogen and oxygen atoms in total. The molecule has 2 atom stereocenters. The van der Waals surface area contributed by atoms with Gasteiger partial charge in [0, 0.05) is 0 Å². The Hall–Kier alpha value is -0.830. The number of hydrogen-bond acceptors (Lipinski definition) is 3. The summed E-state index contributed by atoms with van der Waals surface area (Å²) < 4.78 is 15.9. The van der Waals surface area contributed by atoms with Crippen LogP contribution in [0.5, 0.6) is 5.75 Å². The van der Waals surface area contributed by atoms with Gasteiger partial charge in [-0.3, -0.25) is 0 Å². The Morgan fingerprint density at radius 1 is 1.38 bits per heavy atom. The lowest BCUT2D eigenvalue weighted by Gasteiger charge is -2.15. The van der Waals surface area contributed by atoms with Gasteiger partial charge in [-0.15, -0.1) is 0 Å². The van der Waals surface area contributed by atoms with Gasteiger partial charge in [0.05, 0.1) is 0 Å². The summed E-state index contributed by atoms with van der Waals surface area (Å²) in [5, 5.41) is 8.90. The van der Waals surface area contributed by atoms with Crippen LogP contribution in [-0.2, 0) is 4.57 Å². The third-order valence-corrected chi connectivity index (χ3v) is 2.87. The van der Waals surface area contributed by atoms with Gasteiger partial charge in [0.25, 0.3) is 0 Å². The van der Waals surface area contributed by atoms with E-state index in [1.165, 1.54) is 6.92 Å². The van der Waals surface area contributed by atoms with Gasteiger partial charge >= 0.3 is 7.60 Å². The van der Waals surface area contributed by atoms with E-state index in [0.717, 1.165) is 0 Å². The zero-order valence-corrected chi connectivity index (χ0v) is 8.02. The Kier molecular flexibility index (Phi) is 3.09. The molecule has 2 N–H and O–H groups in total. The molecule has 0 aliphatic heterocycles. The van der Waals surface area contributed by atoms with E-state index >= 15 is 0 Å². The van der Waals surface area contributed by atoms with Crippen LogP contribution in [0.4, 0.5) is 0 Å². The van der Waals surface area contributed by atoms with Gasteiger partial charge in [-0.2, -0.15) is 0 Å². The van der Waals surface area contributed by atoms with Crippen LogP contribution in [-0.4, -0.2) is 15.8 Å². The molecule has 0 saturated heterocycles. The highest BCUT2D eigenvalue weighted by molar-refractivity contribution is 7.53. The molecule has 0 radical (unpaired) electrons. The molecule has 1 aromatic rings. The second-order valence-electron chi connectivity index (χ2n) is 2.60.